The summed E-state index contributed by atoms with van der Waals surface area (Å²) >= 11 is 0. The van der Waals surface area contributed by atoms with E-state index in [1.807, 2.05) is 35.2 Å². The summed E-state index contributed by atoms with van der Waals surface area (Å²) in [4.78, 5) is 28.5. The number of anilines is 1. The van der Waals surface area contributed by atoms with Crippen LogP contribution in [-0.2, 0) is 11.3 Å². The summed E-state index contributed by atoms with van der Waals surface area (Å²) < 4.78 is 4.98. The Labute approximate surface area is 159 Å². The number of carbonyl (C=O) groups excluding carboxylic acids is 2. The minimum absolute atomic E-state index is 0.0359. The largest absolute Gasteiger partial charge is 0.447 e. The second-order valence-corrected chi connectivity index (χ2v) is 7.31. The van der Waals surface area contributed by atoms with Gasteiger partial charge < -0.3 is 9.64 Å². The topological polar surface area (TPSA) is 49.9 Å². The summed E-state index contributed by atoms with van der Waals surface area (Å²) in [7, 11) is 0. The van der Waals surface area contributed by atoms with E-state index in [0.717, 1.165) is 11.3 Å². The maximum Gasteiger partial charge on any atom is 0.414 e. The minimum Gasteiger partial charge on any atom is -0.447 e. The Balaban J connectivity index is 1.54. The van der Waals surface area contributed by atoms with Crippen LogP contribution in [0.2, 0.25) is 0 Å². The van der Waals surface area contributed by atoms with Crippen molar-refractivity contribution in [3.05, 3.63) is 65.7 Å². The van der Waals surface area contributed by atoms with Gasteiger partial charge in [0.1, 0.15) is 6.61 Å². The van der Waals surface area contributed by atoms with Gasteiger partial charge in [-0.25, -0.2) is 4.79 Å². The van der Waals surface area contributed by atoms with E-state index in [9.17, 15) is 9.59 Å². The molecule has 2 aromatic carbocycles. The van der Waals surface area contributed by atoms with Gasteiger partial charge in [0.15, 0.2) is 0 Å². The predicted octanol–water partition coefficient (Wildman–Crippen LogP) is 4.08. The lowest BCUT2D eigenvalue weighted by Gasteiger charge is -2.30. The molecule has 1 unspecified atom stereocenters. The molecule has 140 valence electrons. The van der Waals surface area contributed by atoms with Crippen molar-refractivity contribution in [2.75, 3.05) is 18.1 Å². The standard InChI is InChI=1S/C22H24N2O3/c1-16(18-7-8-18)24(15-17-5-3-2-4-6-17)21(25)19-9-11-20(12-10-19)23-13-14-27-22(23)26/h2-6,9-12,16,18H,7-8,13-15H2,1H3. The summed E-state index contributed by atoms with van der Waals surface area (Å²) in [5, 5.41) is 0. The van der Waals surface area contributed by atoms with Crippen LogP contribution < -0.4 is 4.90 Å². The molecule has 2 amide bonds. The van der Waals surface area contributed by atoms with E-state index in [-0.39, 0.29) is 18.0 Å². The number of cyclic esters (lactones) is 1. The van der Waals surface area contributed by atoms with E-state index in [2.05, 4.69) is 19.1 Å². The zero-order chi connectivity index (χ0) is 18.8. The van der Waals surface area contributed by atoms with Crippen LogP contribution in [-0.4, -0.2) is 36.1 Å². The molecule has 1 aliphatic heterocycles. The molecule has 5 nitrogen and oxygen atoms in total. The highest BCUT2D eigenvalue weighted by Gasteiger charge is 2.34. The van der Waals surface area contributed by atoms with Crippen molar-refractivity contribution in [1.29, 1.82) is 0 Å². The smallest absolute Gasteiger partial charge is 0.414 e. The first kappa shape index (κ1) is 17.6. The van der Waals surface area contributed by atoms with Crippen molar-refractivity contribution < 1.29 is 14.3 Å². The third kappa shape index (κ3) is 3.82. The molecule has 2 aliphatic rings. The van der Waals surface area contributed by atoms with E-state index in [1.165, 1.54) is 12.8 Å². The number of hydrogen-bond acceptors (Lipinski definition) is 3. The molecular formula is C22H24N2O3. The Morgan fingerprint density at radius 1 is 1.15 bits per heavy atom. The molecule has 0 bridgehead atoms. The van der Waals surface area contributed by atoms with Gasteiger partial charge >= 0.3 is 6.09 Å². The molecule has 1 saturated carbocycles. The molecule has 0 N–H and O–H groups in total. The van der Waals surface area contributed by atoms with Gasteiger partial charge in [0.05, 0.1) is 6.54 Å². The SMILES string of the molecule is CC(C1CC1)N(Cc1ccccc1)C(=O)c1ccc(N2CCOC2=O)cc1. The van der Waals surface area contributed by atoms with E-state index in [0.29, 0.717) is 31.2 Å². The average molecular weight is 364 g/mol. The van der Waals surface area contributed by atoms with E-state index < -0.39 is 0 Å². The maximum absolute atomic E-state index is 13.2. The quantitative estimate of drug-likeness (QED) is 0.776. The monoisotopic (exact) mass is 364 g/mol. The first-order valence-electron chi connectivity index (χ1n) is 9.53. The Kier molecular flexibility index (Phi) is 4.84. The number of nitrogens with zero attached hydrogens (tertiary/aromatic N) is 2. The van der Waals surface area contributed by atoms with E-state index >= 15 is 0 Å². The van der Waals surface area contributed by atoms with Gasteiger partial charge in [-0.05, 0) is 55.5 Å². The fourth-order valence-corrected chi connectivity index (χ4v) is 3.59. The van der Waals surface area contributed by atoms with Crippen LogP contribution in [0.15, 0.2) is 54.6 Å². The highest BCUT2D eigenvalue weighted by atomic mass is 16.6. The molecule has 1 heterocycles. The van der Waals surface area contributed by atoms with Gasteiger partial charge in [0, 0.05) is 23.8 Å². The molecule has 1 saturated heterocycles. The zero-order valence-corrected chi connectivity index (χ0v) is 15.5. The maximum atomic E-state index is 13.2. The highest BCUT2D eigenvalue weighted by Crippen LogP contribution is 2.36. The Morgan fingerprint density at radius 3 is 2.44 bits per heavy atom. The zero-order valence-electron chi connectivity index (χ0n) is 15.5. The Bertz CT molecular complexity index is 815. The van der Waals surface area contributed by atoms with Crippen LogP contribution in [0.3, 0.4) is 0 Å². The lowest BCUT2D eigenvalue weighted by atomic mass is 10.1. The molecule has 1 atom stereocenters. The van der Waals surface area contributed by atoms with Crippen LogP contribution in [0.5, 0.6) is 0 Å². The van der Waals surface area contributed by atoms with Crippen LogP contribution in [0.1, 0.15) is 35.7 Å². The summed E-state index contributed by atoms with van der Waals surface area (Å²) in [6.07, 6.45) is 2.05. The molecule has 0 aromatic heterocycles. The molecule has 1 aliphatic carbocycles. The summed E-state index contributed by atoms with van der Waals surface area (Å²) in [6.45, 7) is 3.71. The van der Waals surface area contributed by atoms with E-state index in [4.69, 9.17) is 4.74 Å². The fraction of sp³-hybridized carbons (Fsp3) is 0.364. The van der Waals surface area contributed by atoms with Crippen LogP contribution >= 0.6 is 0 Å². The van der Waals surface area contributed by atoms with Gasteiger partial charge in [0.2, 0.25) is 0 Å². The lowest BCUT2D eigenvalue weighted by molar-refractivity contribution is 0.0654. The average Bonchev–Trinajstić information content (AvgIpc) is 3.47. The van der Waals surface area contributed by atoms with E-state index in [1.54, 1.807) is 17.0 Å². The molecule has 27 heavy (non-hydrogen) atoms. The van der Waals surface area contributed by atoms with Crippen molar-refractivity contribution in [2.24, 2.45) is 5.92 Å². The van der Waals surface area contributed by atoms with Crippen molar-refractivity contribution >= 4 is 17.7 Å². The first-order valence-corrected chi connectivity index (χ1v) is 9.53. The normalized spacial score (nSPS) is 17.5. The van der Waals surface area contributed by atoms with Gasteiger partial charge in [-0.3, -0.25) is 9.69 Å². The number of ether oxygens (including phenoxy) is 1. The second kappa shape index (κ2) is 7.43. The van der Waals surface area contributed by atoms with Crippen LogP contribution in [0, 0.1) is 5.92 Å². The molecule has 2 fully saturated rings. The van der Waals surface area contributed by atoms with Crippen molar-refractivity contribution in [3.63, 3.8) is 0 Å². The molecular weight excluding hydrogens is 340 g/mol. The van der Waals surface area contributed by atoms with Gasteiger partial charge in [-0.15, -0.1) is 0 Å². The number of rotatable bonds is 6. The van der Waals surface area contributed by atoms with Crippen molar-refractivity contribution in [3.8, 4) is 0 Å². The number of carbonyl (C=O) groups is 2. The Morgan fingerprint density at radius 2 is 1.85 bits per heavy atom. The Hall–Kier alpha value is -2.82. The molecule has 0 spiro atoms. The van der Waals surface area contributed by atoms with Gasteiger partial charge in [-0.1, -0.05) is 30.3 Å². The van der Waals surface area contributed by atoms with Gasteiger partial charge in [0.25, 0.3) is 5.91 Å². The number of hydrogen-bond donors (Lipinski definition) is 0. The highest BCUT2D eigenvalue weighted by molar-refractivity contribution is 5.96. The van der Waals surface area contributed by atoms with Crippen LogP contribution in [0.4, 0.5) is 10.5 Å². The van der Waals surface area contributed by atoms with Crippen molar-refractivity contribution in [1.82, 2.24) is 4.90 Å². The molecule has 5 heteroatoms. The second-order valence-electron chi connectivity index (χ2n) is 7.31. The molecule has 4 rings (SSSR count). The predicted molar refractivity (Wildman–Crippen MR) is 104 cm³/mol. The number of amides is 2. The summed E-state index contributed by atoms with van der Waals surface area (Å²) in [5.41, 5.74) is 2.54. The first-order chi connectivity index (χ1) is 13.1. The molecule has 0 radical (unpaired) electrons. The fourth-order valence-electron chi connectivity index (χ4n) is 3.59. The van der Waals surface area contributed by atoms with Crippen molar-refractivity contribution in [2.45, 2.75) is 32.4 Å². The minimum atomic E-state index is -0.331. The summed E-state index contributed by atoms with van der Waals surface area (Å²) in [6, 6.07) is 17.6. The van der Waals surface area contributed by atoms with Crippen LogP contribution in [0.25, 0.3) is 0 Å². The number of benzene rings is 2. The lowest BCUT2D eigenvalue weighted by Crippen LogP contribution is -2.39. The third-order valence-electron chi connectivity index (χ3n) is 5.44. The third-order valence-corrected chi connectivity index (χ3v) is 5.44. The molecule has 2 aromatic rings. The van der Waals surface area contributed by atoms with Gasteiger partial charge in [-0.2, -0.15) is 0 Å². The summed E-state index contributed by atoms with van der Waals surface area (Å²) in [5.74, 6) is 0.630.